The molecule has 2 aliphatic heterocycles. The summed E-state index contributed by atoms with van der Waals surface area (Å²) in [6.45, 7) is 15.8. The molecule has 2 heterocycles. The molecule has 2 aliphatic rings. The van der Waals surface area contributed by atoms with E-state index in [0.29, 0.717) is 11.3 Å². The zero-order valence-corrected chi connectivity index (χ0v) is 32.2. The Kier molecular flexibility index (Phi) is 8.64. The molecule has 8 aromatic carbocycles. The fraction of sp³-hybridized carbons (Fsp3) is 0. The molecule has 0 fully saturated rings. The minimum absolute atomic E-state index is 0.0897. The Morgan fingerprint density at radius 3 is 1.36 bits per heavy atom. The van der Waals surface area contributed by atoms with Crippen molar-refractivity contribution in [3.8, 4) is 39.4 Å². The van der Waals surface area contributed by atoms with E-state index in [9.17, 15) is 5.26 Å². The molecule has 0 bridgehead atoms. The summed E-state index contributed by atoms with van der Waals surface area (Å²) in [6, 6.07) is 64.4. The Morgan fingerprint density at radius 1 is 0.492 bits per heavy atom. The largest absolute Gasteiger partial charge is 0.311 e. The summed E-state index contributed by atoms with van der Waals surface area (Å²) < 4.78 is 0. The summed E-state index contributed by atoms with van der Waals surface area (Å²) in [7, 11) is 0. The van der Waals surface area contributed by atoms with Crippen LogP contribution in [0.4, 0.5) is 39.8 Å². The summed E-state index contributed by atoms with van der Waals surface area (Å²) in [4.78, 5) is 8.56. The highest BCUT2D eigenvalue weighted by molar-refractivity contribution is 7.00. The van der Waals surface area contributed by atoms with Crippen LogP contribution in [0.25, 0.3) is 50.4 Å². The molecule has 0 unspecified atom stereocenters. The van der Waals surface area contributed by atoms with Gasteiger partial charge in [0.2, 0.25) is 5.69 Å². The summed E-state index contributed by atoms with van der Waals surface area (Å²) in [5.41, 5.74) is 19.2. The number of hydrogen-bond acceptors (Lipinski definition) is 3. The zero-order chi connectivity index (χ0) is 40.0. The molecular formula is C54H35BN4. The van der Waals surface area contributed by atoms with Crippen molar-refractivity contribution in [3.63, 3.8) is 0 Å². The first kappa shape index (κ1) is 35.3. The van der Waals surface area contributed by atoms with Crippen molar-refractivity contribution >= 4 is 75.1 Å². The van der Waals surface area contributed by atoms with Crippen LogP contribution in [0.15, 0.2) is 189 Å². The maximum Gasteiger partial charge on any atom is 0.252 e. The lowest BCUT2D eigenvalue weighted by molar-refractivity contribution is 1.25. The Labute approximate surface area is 345 Å². The van der Waals surface area contributed by atoms with E-state index < -0.39 is 0 Å². The summed E-state index contributed by atoms with van der Waals surface area (Å²) in [5.74, 6) is 0. The highest BCUT2D eigenvalue weighted by Gasteiger charge is 2.43. The van der Waals surface area contributed by atoms with Gasteiger partial charge in [-0.15, -0.1) is 0 Å². The van der Waals surface area contributed by atoms with Gasteiger partial charge in [0.1, 0.15) is 0 Å². The van der Waals surface area contributed by atoms with Gasteiger partial charge in [-0.05, 0) is 115 Å². The molecule has 8 aromatic rings. The highest BCUT2D eigenvalue weighted by atomic mass is 15.2. The van der Waals surface area contributed by atoms with Gasteiger partial charge in [0.25, 0.3) is 6.71 Å². The van der Waals surface area contributed by atoms with Crippen molar-refractivity contribution in [1.29, 1.82) is 5.26 Å². The van der Waals surface area contributed by atoms with E-state index in [1.807, 2.05) is 24.3 Å². The maximum absolute atomic E-state index is 9.84. The van der Waals surface area contributed by atoms with Crippen molar-refractivity contribution in [1.82, 2.24) is 0 Å². The Morgan fingerprint density at radius 2 is 0.915 bits per heavy atom. The number of anilines is 6. The average molecular weight is 751 g/mol. The molecule has 0 radical (unpaired) electrons. The first-order chi connectivity index (χ1) is 29.1. The Bertz CT molecular complexity index is 2880. The van der Waals surface area contributed by atoms with Crippen LogP contribution in [0, 0.1) is 17.9 Å². The predicted molar refractivity (Wildman–Crippen MR) is 248 cm³/mol. The standard InChI is InChI=1S/C54H35BN4/c1-4-36-16-20-38(21-17-36)41-26-28-47-50(31-41)58(45-12-8-6-9-13-45)52-33-44(40-24-25-43(35-56)49(30-40)57-3)34-53-54(52)55(47)48-29-27-42(39-22-18-37(5-2)19-23-39)32-51(48)59(53)46-14-10-7-11-15-46/h4-34H,1-2H2. The Hall–Kier alpha value is -8.12. The number of nitrogens with zero attached hydrogens (tertiary/aromatic N) is 4. The number of para-hydroxylation sites is 2. The first-order valence-corrected chi connectivity index (χ1v) is 19.6. The van der Waals surface area contributed by atoms with Crippen LogP contribution in [-0.4, -0.2) is 6.71 Å². The van der Waals surface area contributed by atoms with Crippen molar-refractivity contribution in [3.05, 3.63) is 217 Å². The van der Waals surface area contributed by atoms with Gasteiger partial charge in [0.15, 0.2) is 0 Å². The number of rotatable bonds is 7. The molecule has 0 aliphatic carbocycles. The van der Waals surface area contributed by atoms with Crippen LogP contribution >= 0.6 is 0 Å². The number of nitriles is 1. The van der Waals surface area contributed by atoms with Gasteiger partial charge in [-0.1, -0.05) is 147 Å². The van der Waals surface area contributed by atoms with E-state index in [1.54, 1.807) is 6.07 Å². The molecule has 0 saturated heterocycles. The van der Waals surface area contributed by atoms with Crippen LogP contribution in [0.1, 0.15) is 16.7 Å². The van der Waals surface area contributed by atoms with Crippen LogP contribution in [0.2, 0.25) is 0 Å². The lowest BCUT2D eigenvalue weighted by atomic mass is 9.33. The molecule has 0 N–H and O–H groups in total. The van der Waals surface area contributed by atoms with Crippen molar-refractivity contribution in [2.45, 2.75) is 0 Å². The molecule has 10 rings (SSSR count). The molecule has 0 amide bonds. The number of benzene rings is 8. The fourth-order valence-corrected chi connectivity index (χ4v) is 8.75. The van der Waals surface area contributed by atoms with Gasteiger partial charge in [0, 0.05) is 34.1 Å². The Balaban J connectivity index is 1.30. The van der Waals surface area contributed by atoms with Crippen LogP contribution in [0.5, 0.6) is 0 Å². The topological polar surface area (TPSA) is 34.6 Å². The van der Waals surface area contributed by atoms with Gasteiger partial charge in [-0.2, -0.15) is 5.26 Å². The number of hydrogen-bond donors (Lipinski definition) is 0. The molecule has 0 aromatic heterocycles. The van der Waals surface area contributed by atoms with Crippen molar-refractivity contribution in [2.75, 3.05) is 9.80 Å². The minimum Gasteiger partial charge on any atom is -0.311 e. The second-order valence-corrected chi connectivity index (χ2v) is 14.9. The van der Waals surface area contributed by atoms with E-state index in [-0.39, 0.29) is 6.71 Å². The lowest BCUT2D eigenvalue weighted by Gasteiger charge is -2.44. The molecule has 4 nitrogen and oxygen atoms in total. The van der Waals surface area contributed by atoms with Gasteiger partial charge in [-0.3, -0.25) is 0 Å². The smallest absolute Gasteiger partial charge is 0.252 e. The summed E-state index contributed by atoms with van der Waals surface area (Å²) >= 11 is 0. The monoisotopic (exact) mass is 750 g/mol. The minimum atomic E-state index is -0.0897. The third-order valence-electron chi connectivity index (χ3n) is 11.6. The average Bonchev–Trinajstić information content (AvgIpc) is 3.31. The van der Waals surface area contributed by atoms with Crippen LogP contribution in [0.3, 0.4) is 0 Å². The second kappa shape index (κ2) is 14.4. The molecule has 5 heteroatoms. The number of fused-ring (bicyclic) bond motifs is 4. The normalized spacial score (nSPS) is 12.1. The van der Waals surface area contributed by atoms with E-state index in [2.05, 4.69) is 192 Å². The van der Waals surface area contributed by atoms with Gasteiger partial charge in [0.05, 0.1) is 18.2 Å². The molecule has 0 atom stereocenters. The third-order valence-corrected chi connectivity index (χ3v) is 11.6. The van der Waals surface area contributed by atoms with Crippen LogP contribution < -0.4 is 26.2 Å². The van der Waals surface area contributed by atoms with E-state index >= 15 is 0 Å². The third kappa shape index (κ3) is 5.93. The van der Waals surface area contributed by atoms with E-state index in [4.69, 9.17) is 6.57 Å². The zero-order valence-electron chi connectivity index (χ0n) is 32.2. The van der Waals surface area contributed by atoms with Gasteiger partial charge >= 0.3 is 0 Å². The molecule has 59 heavy (non-hydrogen) atoms. The first-order valence-electron chi connectivity index (χ1n) is 19.6. The highest BCUT2D eigenvalue weighted by Crippen LogP contribution is 2.47. The SMILES string of the molecule is [C-]#[N+]c1cc(-c2cc3c4c(c2)N(c2ccccc2)c2cc(-c5ccc(C=C)cc5)ccc2B4c2ccc(-c4ccc(C=C)cc4)cc2N3c2ccccc2)ccc1C#N. The van der Waals surface area contributed by atoms with E-state index in [1.165, 1.54) is 16.4 Å². The molecule has 0 spiro atoms. The van der Waals surface area contributed by atoms with Crippen molar-refractivity contribution in [2.24, 2.45) is 0 Å². The predicted octanol–water partition coefficient (Wildman–Crippen LogP) is 12.5. The van der Waals surface area contributed by atoms with Gasteiger partial charge in [-0.25, -0.2) is 4.85 Å². The fourth-order valence-electron chi connectivity index (χ4n) is 8.75. The molecule has 274 valence electrons. The molecule has 0 saturated carbocycles. The van der Waals surface area contributed by atoms with E-state index in [0.717, 1.165) is 78.6 Å². The van der Waals surface area contributed by atoms with Gasteiger partial charge < -0.3 is 9.80 Å². The second-order valence-electron chi connectivity index (χ2n) is 14.9. The van der Waals surface area contributed by atoms with Crippen LogP contribution in [-0.2, 0) is 0 Å². The van der Waals surface area contributed by atoms with Crippen molar-refractivity contribution < 1.29 is 0 Å². The molecular weight excluding hydrogens is 715 g/mol. The summed E-state index contributed by atoms with van der Waals surface area (Å²) in [6.07, 6.45) is 3.74. The lowest BCUT2D eigenvalue weighted by Crippen LogP contribution is -2.61. The maximum atomic E-state index is 9.84. The quantitative estimate of drug-likeness (QED) is 0.120. The summed E-state index contributed by atoms with van der Waals surface area (Å²) in [5, 5.41) is 9.84.